The van der Waals surface area contributed by atoms with Crippen molar-refractivity contribution in [1.29, 1.82) is 0 Å². The average molecular weight is 209 g/mol. The van der Waals surface area contributed by atoms with Gasteiger partial charge in [-0.1, -0.05) is 13.8 Å². The first kappa shape index (κ1) is 12.2. The molecule has 0 aliphatic rings. The zero-order valence-electron chi connectivity index (χ0n) is 10.4. The fraction of sp³-hybridized carbons (Fsp3) is 0.750. The first-order valence-corrected chi connectivity index (χ1v) is 5.87. The Balaban J connectivity index is 2.36. The third kappa shape index (κ3) is 4.04. The molecule has 0 saturated carbocycles. The predicted octanol–water partition coefficient (Wildman–Crippen LogP) is 2.35. The molecule has 0 unspecified atom stereocenters. The molecule has 1 aromatic heterocycles. The topological polar surface area (TPSA) is 29.9 Å². The number of aryl methyl sites for hydroxylation is 2. The van der Waals surface area contributed by atoms with Gasteiger partial charge in [0.2, 0.25) is 0 Å². The number of nitrogens with zero attached hydrogens (tertiary/aromatic N) is 2. The van der Waals surface area contributed by atoms with Gasteiger partial charge in [0.1, 0.15) is 0 Å². The summed E-state index contributed by atoms with van der Waals surface area (Å²) in [6.45, 7) is 11.7. The van der Waals surface area contributed by atoms with Gasteiger partial charge < -0.3 is 5.32 Å². The maximum Gasteiger partial charge on any atom is 0.0597 e. The van der Waals surface area contributed by atoms with Crippen molar-refractivity contribution in [2.45, 2.75) is 47.2 Å². The van der Waals surface area contributed by atoms with Crippen LogP contribution in [0.5, 0.6) is 0 Å². The van der Waals surface area contributed by atoms with Gasteiger partial charge in [-0.3, -0.25) is 4.68 Å². The third-order valence-electron chi connectivity index (χ3n) is 2.49. The van der Waals surface area contributed by atoms with E-state index < -0.39 is 0 Å². The van der Waals surface area contributed by atoms with E-state index in [1.54, 1.807) is 0 Å². The molecule has 0 aromatic carbocycles. The highest BCUT2D eigenvalue weighted by Crippen LogP contribution is 2.03. The molecular formula is C12H23N3. The zero-order valence-corrected chi connectivity index (χ0v) is 10.4. The van der Waals surface area contributed by atoms with Gasteiger partial charge in [-0.15, -0.1) is 0 Å². The van der Waals surface area contributed by atoms with E-state index in [0.29, 0.717) is 0 Å². The Labute approximate surface area is 92.9 Å². The van der Waals surface area contributed by atoms with E-state index in [4.69, 9.17) is 0 Å². The summed E-state index contributed by atoms with van der Waals surface area (Å²) in [6.07, 6.45) is 1.24. The Hall–Kier alpha value is -0.830. The Bertz CT molecular complexity index is 289. The number of nitrogens with one attached hydrogen (secondary N) is 1. The molecule has 1 heterocycles. The van der Waals surface area contributed by atoms with Crippen molar-refractivity contribution in [3.8, 4) is 0 Å². The summed E-state index contributed by atoms with van der Waals surface area (Å²) in [5, 5.41) is 7.88. The predicted molar refractivity (Wildman–Crippen MR) is 63.8 cm³/mol. The highest BCUT2D eigenvalue weighted by molar-refractivity contribution is 5.08. The van der Waals surface area contributed by atoms with Crippen LogP contribution in [0.3, 0.4) is 0 Å². The van der Waals surface area contributed by atoms with Crippen molar-refractivity contribution < 1.29 is 0 Å². The number of hydrogen-bond donors (Lipinski definition) is 1. The molecule has 1 N–H and O–H groups in total. The van der Waals surface area contributed by atoms with Gasteiger partial charge in [0.05, 0.1) is 11.4 Å². The molecule has 1 aromatic rings. The van der Waals surface area contributed by atoms with Crippen LogP contribution in [0.1, 0.15) is 38.6 Å². The summed E-state index contributed by atoms with van der Waals surface area (Å²) in [6, 6.07) is 2.16. The number of hydrogen-bond acceptors (Lipinski definition) is 2. The van der Waals surface area contributed by atoms with Crippen molar-refractivity contribution >= 4 is 0 Å². The molecule has 0 aliphatic heterocycles. The molecular weight excluding hydrogens is 186 g/mol. The second-order valence-corrected chi connectivity index (χ2v) is 4.45. The van der Waals surface area contributed by atoms with Crippen molar-refractivity contribution in [1.82, 2.24) is 15.1 Å². The second-order valence-electron chi connectivity index (χ2n) is 4.45. The van der Waals surface area contributed by atoms with Gasteiger partial charge in [-0.05, 0) is 38.8 Å². The number of rotatable bonds is 6. The molecule has 3 heteroatoms. The fourth-order valence-electron chi connectivity index (χ4n) is 1.62. The molecule has 0 atom stereocenters. The minimum absolute atomic E-state index is 0.773. The minimum Gasteiger partial charge on any atom is -0.311 e. The normalized spacial score (nSPS) is 11.3. The lowest BCUT2D eigenvalue weighted by Crippen LogP contribution is -2.18. The van der Waals surface area contributed by atoms with E-state index in [0.717, 1.165) is 31.2 Å². The average Bonchev–Trinajstić information content (AvgIpc) is 2.53. The van der Waals surface area contributed by atoms with Crippen molar-refractivity contribution in [2.75, 3.05) is 6.54 Å². The van der Waals surface area contributed by atoms with E-state index in [1.165, 1.54) is 12.1 Å². The smallest absolute Gasteiger partial charge is 0.0597 e. The monoisotopic (exact) mass is 209 g/mol. The van der Waals surface area contributed by atoms with Crippen molar-refractivity contribution in [3.63, 3.8) is 0 Å². The highest BCUT2D eigenvalue weighted by atomic mass is 15.3. The van der Waals surface area contributed by atoms with E-state index in [1.807, 2.05) is 6.92 Å². The van der Waals surface area contributed by atoms with Crippen molar-refractivity contribution in [2.24, 2.45) is 5.92 Å². The summed E-state index contributed by atoms with van der Waals surface area (Å²) >= 11 is 0. The summed E-state index contributed by atoms with van der Waals surface area (Å²) in [5.74, 6) is 0.773. The molecule has 0 saturated heterocycles. The zero-order chi connectivity index (χ0) is 11.3. The molecule has 0 bridgehead atoms. The lowest BCUT2D eigenvalue weighted by molar-refractivity contribution is 0.520. The quantitative estimate of drug-likeness (QED) is 0.729. The van der Waals surface area contributed by atoms with E-state index in [-0.39, 0.29) is 0 Å². The van der Waals surface area contributed by atoms with E-state index in [9.17, 15) is 0 Å². The Morgan fingerprint density at radius 2 is 2.20 bits per heavy atom. The van der Waals surface area contributed by atoms with Crippen LogP contribution in [0.4, 0.5) is 0 Å². The van der Waals surface area contributed by atoms with Crippen LogP contribution >= 0.6 is 0 Å². The lowest BCUT2D eigenvalue weighted by Gasteiger charge is -2.08. The van der Waals surface area contributed by atoms with Crippen LogP contribution in [0.15, 0.2) is 6.07 Å². The van der Waals surface area contributed by atoms with Gasteiger partial charge >= 0.3 is 0 Å². The molecule has 3 nitrogen and oxygen atoms in total. The Morgan fingerprint density at radius 1 is 1.47 bits per heavy atom. The highest BCUT2D eigenvalue weighted by Gasteiger charge is 2.02. The van der Waals surface area contributed by atoms with Crippen LogP contribution in [0.2, 0.25) is 0 Å². The molecule has 0 spiro atoms. The Morgan fingerprint density at radius 3 is 2.80 bits per heavy atom. The van der Waals surface area contributed by atoms with Gasteiger partial charge in [0.15, 0.2) is 0 Å². The van der Waals surface area contributed by atoms with Crippen LogP contribution in [0, 0.1) is 12.8 Å². The van der Waals surface area contributed by atoms with Gasteiger partial charge in [0.25, 0.3) is 0 Å². The first-order chi connectivity index (χ1) is 7.13. The van der Waals surface area contributed by atoms with Gasteiger partial charge in [0, 0.05) is 13.1 Å². The molecule has 0 radical (unpaired) electrons. The Kier molecular flexibility index (Phi) is 4.82. The van der Waals surface area contributed by atoms with Crippen LogP contribution in [-0.4, -0.2) is 16.3 Å². The molecule has 0 amide bonds. The molecule has 0 fully saturated rings. The van der Waals surface area contributed by atoms with Crippen LogP contribution < -0.4 is 5.32 Å². The second kappa shape index (κ2) is 5.91. The minimum atomic E-state index is 0.773. The maximum absolute atomic E-state index is 4.42. The molecule has 0 aliphatic carbocycles. The standard InChI is InChI=1S/C12H23N3/c1-5-15-12(8-11(4)14-15)9-13-7-6-10(2)3/h8,10,13H,5-7,9H2,1-4H3. The lowest BCUT2D eigenvalue weighted by atomic mass is 10.1. The third-order valence-corrected chi connectivity index (χ3v) is 2.49. The van der Waals surface area contributed by atoms with Gasteiger partial charge in [-0.25, -0.2) is 0 Å². The van der Waals surface area contributed by atoms with Gasteiger partial charge in [-0.2, -0.15) is 5.10 Å². The maximum atomic E-state index is 4.42. The van der Waals surface area contributed by atoms with Crippen LogP contribution in [-0.2, 0) is 13.1 Å². The number of aromatic nitrogens is 2. The SMILES string of the molecule is CCn1nc(C)cc1CNCCC(C)C. The van der Waals surface area contributed by atoms with E-state index in [2.05, 4.69) is 41.9 Å². The largest absolute Gasteiger partial charge is 0.311 e. The summed E-state index contributed by atoms with van der Waals surface area (Å²) in [7, 11) is 0. The molecule has 15 heavy (non-hydrogen) atoms. The summed E-state index contributed by atoms with van der Waals surface area (Å²) < 4.78 is 2.07. The fourth-order valence-corrected chi connectivity index (χ4v) is 1.62. The van der Waals surface area contributed by atoms with Crippen molar-refractivity contribution in [3.05, 3.63) is 17.5 Å². The van der Waals surface area contributed by atoms with E-state index >= 15 is 0 Å². The summed E-state index contributed by atoms with van der Waals surface area (Å²) in [5.41, 5.74) is 2.40. The first-order valence-electron chi connectivity index (χ1n) is 5.87. The summed E-state index contributed by atoms with van der Waals surface area (Å²) in [4.78, 5) is 0. The molecule has 86 valence electrons. The van der Waals surface area contributed by atoms with Crippen LogP contribution in [0.25, 0.3) is 0 Å². The molecule has 1 rings (SSSR count).